The van der Waals surface area contributed by atoms with Gasteiger partial charge in [-0.3, -0.25) is 9.59 Å². The summed E-state index contributed by atoms with van der Waals surface area (Å²) in [6.07, 6.45) is 15.3. The smallest absolute Gasteiger partial charge is 0.328 e. The van der Waals surface area contributed by atoms with Crippen LogP contribution in [0, 0.1) is 46.8 Å². The van der Waals surface area contributed by atoms with Gasteiger partial charge in [-0.1, -0.05) is 44.3 Å². The summed E-state index contributed by atoms with van der Waals surface area (Å²) in [4.78, 5) is 41.5. The van der Waals surface area contributed by atoms with Crippen molar-refractivity contribution in [2.75, 3.05) is 13.2 Å². The fourth-order valence-corrected chi connectivity index (χ4v) is 8.27. The summed E-state index contributed by atoms with van der Waals surface area (Å²) in [6, 6.07) is -2.44. The summed E-state index contributed by atoms with van der Waals surface area (Å²) in [6.45, 7) is 6.86. The number of terminal acetylenes is 1. The molecule has 0 aromatic rings. The summed E-state index contributed by atoms with van der Waals surface area (Å²) in [5.41, 5.74) is 1.01. The topological polar surface area (TPSA) is 158 Å². The molecule has 0 aromatic heterocycles. The van der Waals surface area contributed by atoms with Crippen LogP contribution >= 0.6 is 0 Å². The number of allylic oxidation sites excluding steroid dienone is 2. The van der Waals surface area contributed by atoms with Crippen LogP contribution in [0.2, 0.25) is 0 Å². The number of nitrogens with one attached hydrogen (secondary N) is 2. The van der Waals surface area contributed by atoms with Gasteiger partial charge in [0.05, 0.1) is 12.3 Å². The lowest BCUT2D eigenvalue weighted by atomic mass is 9.46. The third-order valence-electron chi connectivity index (χ3n) is 10.8. The van der Waals surface area contributed by atoms with E-state index in [1.807, 2.05) is 0 Å². The number of oxime groups is 1. The Bertz CT molecular complexity index is 1160. The van der Waals surface area contributed by atoms with Gasteiger partial charge in [0.1, 0.15) is 17.7 Å². The van der Waals surface area contributed by atoms with Gasteiger partial charge in [-0.2, -0.15) is 0 Å². The van der Waals surface area contributed by atoms with E-state index in [0.29, 0.717) is 24.2 Å². The zero-order valence-corrected chi connectivity index (χ0v) is 24.6. The largest absolute Gasteiger partial charge is 0.480 e. The van der Waals surface area contributed by atoms with Crippen molar-refractivity contribution in [2.45, 2.75) is 96.7 Å². The number of aliphatic hydroxyl groups excluding tert-OH is 1. The van der Waals surface area contributed by atoms with Crippen LogP contribution in [0.3, 0.4) is 0 Å². The number of hydrogen-bond donors (Lipinski definition) is 5. The number of carboxylic acid groups (broad SMARTS) is 1. The third-order valence-corrected chi connectivity index (χ3v) is 10.8. The van der Waals surface area contributed by atoms with E-state index in [1.54, 1.807) is 13.8 Å². The lowest BCUT2D eigenvalue weighted by Crippen LogP contribution is -2.55. The minimum atomic E-state index is -1.45. The molecule has 0 aromatic carbocycles. The number of hydrogen-bond acceptors (Lipinski definition) is 7. The maximum atomic E-state index is 12.5. The zero-order valence-electron chi connectivity index (χ0n) is 24.6. The van der Waals surface area contributed by atoms with Crippen molar-refractivity contribution < 1.29 is 34.5 Å². The van der Waals surface area contributed by atoms with Crippen LogP contribution in [0.15, 0.2) is 16.8 Å². The van der Waals surface area contributed by atoms with Gasteiger partial charge < -0.3 is 30.8 Å². The van der Waals surface area contributed by atoms with E-state index < -0.39 is 42.1 Å². The molecule has 0 spiro atoms. The minimum absolute atomic E-state index is 0.0672. The van der Waals surface area contributed by atoms with Gasteiger partial charge in [-0.15, -0.1) is 6.42 Å². The third kappa shape index (κ3) is 5.63. The first-order chi connectivity index (χ1) is 19.3. The van der Waals surface area contributed by atoms with Crippen LogP contribution in [-0.4, -0.2) is 69.7 Å². The Morgan fingerprint density at radius 3 is 2.46 bits per heavy atom. The predicted octanol–water partition coefficient (Wildman–Crippen LogP) is 2.39. The number of aliphatic hydroxyl groups is 2. The minimum Gasteiger partial charge on any atom is -0.480 e. The van der Waals surface area contributed by atoms with Crippen LogP contribution in [0.5, 0.6) is 0 Å². The zero-order chi connectivity index (χ0) is 30.2. The Morgan fingerprint density at radius 1 is 1.12 bits per heavy atom. The number of rotatable bonds is 9. The molecule has 0 radical (unpaired) electrons. The first-order valence-electron chi connectivity index (χ1n) is 14.8. The van der Waals surface area contributed by atoms with E-state index in [4.69, 9.17) is 21.5 Å². The molecule has 226 valence electrons. The second-order valence-corrected chi connectivity index (χ2v) is 13.2. The van der Waals surface area contributed by atoms with Crippen LogP contribution in [0.4, 0.5) is 0 Å². The molecule has 3 fully saturated rings. The van der Waals surface area contributed by atoms with E-state index in [9.17, 15) is 19.5 Å². The fourth-order valence-electron chi connectivity index (χ4n) is 8.27. The van der Waals surface area contributed by atoms with E-state index in [0.717, 1.165) is 50.7 Å². The number of carbonyl (C=O) groups is 3. The monoisotopic (exact) mass is 571 g/mol. The predicted molar refractivity (Wildman–Crippen MR) is 152 cm³/mol. The number of amides is 2. The molecule has 5 N–H and O–H groups in total. The Morgan fingerprint density at radius 2 is 1.83 bits per heavy atom. The summed E-state index contributed by atoms with van der Waals surface area (Å²) < 4.78 is 0. The second kappa shape index (κ2) is 11.8. The van der Waals surface area contributed by atoms with E-state index in [2.05, 4.69) is 41.6 Å². The summed E-state index contributed by atoms with van der Waals surface area (Å²) >= 11 is 0. The van der Waals surface area contributed by atoms with Crippen molar-refractivity contribution in [3.63, 3.8) is 0 Å². The number of nitrogens with zero attached hydrogens (tertiary/aromatic N) is 1. The Kier molecular flexibility index (Phi) is 8.91. The molecule has 0 aliphatic heterocycles. The average Bonchev–Trinajstić information content (AvgIpc) is 3.20. The highest BCUT2D eigenvalue weighted by molar-refractivity contribution is 5.96. The van der Waals surface area contributed by atoms with E-state index in [-0.39, 0.29) is 23.4 Å². The highest BCUT2D eigenvalue weighted by Crippen LogP contribution is 2.67. The Labute approximate surface area is 242 Å². The van der Waals surface area contributed by atoms with Crippen molar-refractivity contribution in [3.8, 4) is 12.3 Å². The lowest BCUT2D eigenvalue weighted by molar-refractivity contribution is -0.143. The maximum Gasteiger partial charge on any atom is 0.328 e. The van der Waals surface area contributed by atoms with Crippen molar-refractivity contribution in [1.82, 2.24) is 10.6 Å². The molecule has 0 unspecified atom stereocenters. The summed E-state index contributed by atoms with van der Waals surface area (Å²) in [5.74, 6) is 1.33. The van der Waals surface area contributed by atoms with Gasteiger partial charge >= 0.3 is 5.97 Å². The Hall–Kier alpha value is -2.90. The highest BCUT2D eigenvalue weighted by Gasteiger charge is 2.63. The SMILES string of the molecule is C#C[C@@]1(O)CC[C@@H]2[C@@H]3CCC4=C/C(=N\OCC(=O)N[C@H](C(=O)N[C@@H](CO)C(=O)O)C(C)C)CC[C@]4(C)[C@H]3CC[C@@]21C. The second-order valence-electron chi connectivity index (χ2n) is 13.2. The first-order valence-corrected chi connectivity index (χ1v) is 14.8. The molecule has 0 saturated heterocycles. The first kappa shape index (κ1) is 31.0. The van der Waals surface area contributed by atoms with Crippen LogP contribution in [0.1, 0.15) is 79.1 Å². The summed E-state index contributed by atoms with van der Waals surface area (Å²) in [5, 5.41) is 38.5. The van der Waals surface area contributed by atoms with Crippen molar-refractivity contribution in [2.24, 2.45) is 39.7 Å². The average molecular weight is 572 g/mol. The lowest BCUT2D eigenvalue weighted by Gasteiger charge is -2.58. The van der Waals surface area contributed by atoms with Gasteiger partial charge in [0.2, 0.25) is 5.91 Å². The molecule has 10 heteroatoms. The molecule has 0 heterocycles. The van der Waals surface area contributed by atoms with Gasteiger partial charge in [0.25, 0.3) is 5.91 Å². The normalized spacial score (nSPS) is 36.6. The van der Waals surface area contributed by atoms with E-state index in [1.165, 1.54) is 5.57 Å². The molecule has 2 amide bonds. The number of carboxylic acids is 1. The standard InChI is InChI=1S/C31H45N3O7/c1-6-31(40)14-11-23-21-8-7-19-15-20(9-12-29(19,4)22(21)10-13-30(23,31)5)34-41-17-25(36)33-26(18(2)3)27(37)32-24(16-35)28(38)39/h1,15,18,21-24,26,35,40H,7-14,16-17H2,2-5H3,(H,32,37)(H,33,36)(H,38,39)/b34-20-/t21-,22+,23-,24+,26+,29+,30+,31-/m1/s1. The molecule has 4 aliphatic carbocycles. The number of aliphatic carboxylic acids is 1. The van der Waals surface area contributed by atoms with E-state index >= 15 is 0 Å². The van der Waals surface area contributed by atoms with Crippen molar-refractivity contribution >= 4 is 23.5 Å². The van der Waals surface area contributed by atoms with Gasteiger partial charge in [0, 0.05) is 5.41 Å². The molecular formula is C31H45N3O7. The van der Waals surface area contributed by atoms with Gasteiger partial charge in [-0.05, 0) is 86.5 Å². The number of carbonyl (C=O) groups excluding carboxylic acids is 2. The quantitative estimate of drug-likeness (QED) is 0.210. The molecule has 41 heavy (non-hydrogen) atoms. The van der Waals surface area contributed by atoms with Crippen molar-refractivity contribution in [3.05, 3.63) is 11.6 Å². The molecule has 0 bridgehead atoms. The Balaban J connectivity index is 1.36. The van der Waals surface area contributed by atoms with Crippen molar-refractivity contribution in [1.29, 1.82) is 0 Å². The fraction of sp³-hybridized carbons (Fsp3) is 0.742. The molecule has 4 aliphatic rings. The highest BCUT2D eigenvalue weighted by atomic mass is 16.6. The summed E-state index contributed by atoms with van der Waals surface area (Å²) in [7, 11) is 0. The van der Waals surface area contributed by atoms with Gasteiger partial charge in [-0.25, -0.2) is 4.79 Å². The van der Waals surface area contributed by atoms with Gasteiger partial charge in [0.15, 0.2) is 6.61 Å². The number of fused-ring (bicyclic) bond motifs is 5. The molecule has 8 atom stereocenters. The molecular weight excluding hydrogens is 526 g/mol. The molecule has 3 saturated carbocycles. The van der Waals surface area contributed by atoms with Crippen LogP contribution in [0.25, 0.3) is 0 Å². The maximum absolute atomic E-state index is 12.5. The van der Waals surface area contributed by atoms with Crippen LogP contribution in [-0.2, 0) is 19.2 Å². The molecule has 4 rings (SSSR count). The van der Waals surface area contributed by atoms with Crippen LogP contribution < -0.4 is 10.6 Å². The molecule has 10 nitrogen and oxygen atoms in total.